The number of fused-ring (bicyclic) bond motifs is 1. The van der Waals surface area contributed by atoms with Crippen molar-refractivity contribution in [1.29, 1.82) is 5.26 Å². The summed E-state index contributed by atoms with van der Waals surface area (Å²) in [7, 11) is -2.35. The maximum Gasteiger partial charge on any atom is 0.285 e. The number of methoxy groups -OCH3 is 1. The van der Waals surface area contributed by atoms with Crippen molar-refractivity contribution in [2.75, 3.05) is 13.7 Å². The van der Waals surface area contributed by atoms with Gasteiger partial charge in [0.2, 0.25) is 0 Å². The molecule has 0 atom stereocenters. The fourth-order valence-electron chi connectivity index (χ4n) is 2.56. The van der Waals surface area contributed by atoms with Gasteiger partial charge in [-0.25, -0.2) is 5.01 Å². The third kappa shape index (κ3) is 3.75. The van der Waals surface area contributed by atoms with Crippen molar-refractivity contribution in [2.24, 2.45) is 9.50 Å². The van der Waals surface area contributed by atoms with E-state index in [0.29, 0.717) is 11.1 Å². The van der Waals surface area contributed by atoms with E-state index in [-0.39, 0.29) is 35.2 Å². The van der Waals surface area contributed by atoms with Crippen LogP contribution in [-0.2, 0) is 10.0 Å². The maximum absolute atomic E-state index is 12.3. The van der Waals surface area contributed by atoms with Gasteiger partial charge < -0.3 is 9.84 Å². The maximum atomic E-state index is 12.3. The van der Waals surface area contributed by atoms with Crippen molar-refractivity contribution in [3.63, 3.8) is 0 Å². The molecule has 0 amide bonds. The van der Waals surface area contributed by atoms with Gasteiger partial charge in [0.05, 0.1) is 32.4 Å². The molecule has 0 saturated heterocycles. The molecule has 0 saturated carbocycles. The molecule has 0 spiro atoms. The van der Waals surface area contributed by atoms with E-state index in [2.05, 4.69) is 9.50 Å². The molecule has 2 aromatic carbocycles. The zero-order valence-corrected chi connectivity index (χ0v) is 15.2. The third-order valence-electron chi connectivity index (χ3n) is 3.84. The first kappa shape index (κ1) is 18.4. The topological polar surface area (TPSA) is 115 Å². The first-order valence-electron chi connectivity index (χ1n) is 7.96. The number of rotatable bonds is 5. The van der Waals surface area contributed by atoms with Gasteiger partial charge in [-0.1, -0.05) is 12.1 Å². The quantitative estimate of drug-likeness (QED) is 0.623. The van der Waals surface area contributed by atoms with Crippen LogP contribution in [0.4, 0.5) is 0 Å². The van der Waals surface area contributed by atoms with Crippen molar-refractivity contribution < 1.29 is 18.3 Å². The molecule has 0 bridgehead atoms. The van der Waals surface area contributed by atoms with Crippen molar-refractivity contribution in [3.05, 3.63) is 53.6 Å². The number of hydrazone groups is 1. The van der Waals surface area contributed by atoms with Gasteiger partial charge in [-0.05, 0) is 35.9 Å². The van der Waals surface area contributed by atoms with Crippen LogP contribution in [0.15, 0.2) is 56.9 Å². The van der Waals surface area contributed by atoms with Crippen molar-refractivity contribution >= 4 is 22.1 Å². The number of sulfonamides is 1. The SMILES string of the molecule is COc1cc(C=NN(CCC#N)C2=NS(=O)(=O)c3ccccc32)ccc1O. The predicted octanol–water partition coefficient (Wildman–Crippen LogP) is 2.10. The first-order valence-corrected chi connectivity index (χ1v) is 9.40. The van der Waals surface area contributed by atoms with Crippen LogP contribution in [0.1, 0.15) is 17.5 Å². The fourth-order valence-corrected chi connectivity index (χ4v) is 3.77. The molecule has 0 radical (unpaired) electrons. The summed E-state index contributed by atoms with van der Waals surface area (Å²) in [5.41, 5.74) is 1.07. The summed E-state index contributed by atoms with van der Waals surface area (Å²) < 4.78 is 33.4. The molecule has 0 aliphatic carbocycles. The highest BCUT2D eigenvalue weighted by atomic mass is 32.2. The molecule has 0 unspecified atom stereocenters. The fraction of sp³-hybridized carbons (Fsp3) is 0.167. The minimum Gasteiger partial charge on any atom is -0.504 e. The summed E-state index contributed by atoms with van der Waals surface area (Å²) in [5.74, 6) is 0.452. The summed E-state index contributed by atoms with van der Waals surface area (Å²) in [4.78, 5) is 0.114. The number of aromatic hydroxyl groups is 1. The van der Waals surface area contributed by atoms with E-state index in [1.54, 1.807) is 30.3 Å². The summed E-state index contributed by atoms with van der Waals surface area (Å²) >= 11 is 0. The van der Waals surface area contributed by atoms with E-state index in [1.807, 2.05) is 6.07 Å². The molecule has 0 aromatic heterocycles. The highest BCUT2D eigenvalue weighted by molar-refractivity contribution is 7.90. The van der Waals surface area contributed by atoms with Crippen LogP contribution in [0.3, 0.4) is 0 Å². The standard InChI is InChI=1S/C18H16N4O4S/c1-26-16-11-13(7-8-15(16)23)12-20-22(10-4-9-19)18-14-5-2-3-6-17(14)27(24,25)21-18/h2-3,5-8,11-12,23H,4,10H2,1H3. The largest absolute Gasteiger partial charge is 0.504 e. The van der Waals surface area contributed by atoms with Crippen molar-refractivity contribution in [1.82, 2.24) is 5.01 Å². The number of amidine groups is 1. The lowest BCUT2D eigenvalue weighted by atomic mass is 10.2. The lowest BCUT2D eigenvalue weighted by molar-refractivity contribution is 0.373. The van der Waals surface area contributed by atoms with Gasteiger partial charge >= 0.3 is 0 Å². The Morgan fingerprint density at radius 2 is 2.11 bits per heavy atom. The van der Waals surface area contributed by atoms with Crippen LogP contribution >= 0.6 is 0 Å². The molecule has 1 heterocycles. The third-order valence-corrected chi connectivity index (χ3v) is 5.17. The Labute approximate surface area is 156 Å². The second-order valence-electron chi connectivity index (χ2n) is 5.59. The summed E-state index contributed by atoms with van der Waals surface area (Å²) in [6.45, 7) is 0.172. The smallest absolute Gasteiger partial charge is 0.285 e. The monoisotopic (exact) mass is 384 g/mol. The average Bonchev–Trinajstić information content (AvgIpc) is 2.94. The number of hydrogen-bond donors (Lipinski definition) is 1. The molecule has 27 heavy (non-hydrogen) atoms. The molecule has 1 N–H and O–H groups in total. The normalized spacial score (nSPS) is 14.4. The predicted molar refractivity (Wildman–Crippen MR) is 99.4 cm³/mol. The van der Waals surface area contributed by atoms with E-state index in [0.717, 1.165) is 0 Å². The van der Waals surface area contributed by atoms with Crippen LogP contribution in [0.25, 0.3) is 0 Å². The Hall–Kier alpha value is -3.38. The molecule has 0 fully saturated rings. The molecule has 3 rings (SSSR count). The zero-order chi connectivity index (χ0) is 19.4. The van der Waals surface area contributed by atoms with E-state index in [9.17, 15) is 13.5 Å². The first-order chi connectivity index (χ1) is 13.0. The second kappa shape index (κ2) is 7.47. The Morgan fingerprint density at radius 1 is 1.33 bits per heavy atom. The molecular weight excluding hydrogens is 368 g/mol. The van der Waals surface area contributed by atoms with Crippen LogP contribution in [-0.4, -0.2) is 44.2 Å². The summed E-state index contributed by atoms with van der Waals surface area (Å²) in [5, 5.41) is 24.3. The Balaban J connectivity index is 1.97. The summed E-state index contributed by atoms with van der Waals surface area (Å²) in [6, 6.07) is 13.2. The lowest BCUT2D eigenvalue weighted by Gasteiger charge is -2.17. The van der Waals surface area contributed by atoms with E-state index in [1.165, 1.54) is 30.5 Å². The highest BCUT2D eigenvalue weighted by Gasteiger charge is 2.31. The molecule has 9 heteroatoms. The lowest BCUT2D eigenvalue weighted by Crippen LogP contribution is -2.27. The van der Waals surface area contributed by atoms with Gasteiger partial charge in [-0.15, -0.1) is 4.40 Å². The number of ether oxygens (including phenoxy) is 1. The Bertz CT molecular complexity index is 1070. The zero-order valence-electron chi connectivity index (χ0n) is 14.4. The number of phenols is 1. The van der Waals surface area contributed by atoms with Gasteiger partial charge in [0, 0.05) is 5.56 Å². The number of hydrogen-bond acceptors (Lipinski definition) is 7. The van der Waals surface area contributed by atoms with E-state index in [4.69, 9.17) is 10.00 Å². The van der Waals surface area contributed by atoms with Gasteiger partial charge in [-0.3, -0.25) is 0 Å². The molecule has 2 aromatic rings. The van der Waals surface area contributed by atoms with Crippen molar-refractivity contribution in [2.45, 2.75) is 11.3 Å². The van der Waals surface area contributed by atoms with E-state index < -0.39 is 10.0 Å². The highest BCUT2D eigenvalue weighted by Crippen LogP contribution is 2.28. The number of nitrogens with zero attached hydrogens (tertiary/aromatic N) is 4. The molecular formula is C18H16N4O4S. The average molecular weight is 384 g/mol. The van der Waals surface area contributed by atoms with Gasteiger partial charge in [0.1, 0.15) is 4.90 Å². The molecule has 138 valence electrons. The minimum absolute atomic E-state index is 0.00354. The van der Waals surface area contributed by atoms with Crippen LogP contribution in [0, 0.1) is 11.3 Å². The van der Waals surface area contributed by atoms with Gasteiger partial charge in [0.25, 0.3) is 10.0 Å². The molecule has 1 aliphatic rings. The number of phenolic OH excluding ortho intramolecular Hbond substituents is 1. The van der Waals surface area contributed by atoms with E-state index >= 15 is 0 Å². The van der Waals surface area contributed by atoms with Crippen molar-refractivity contribution in [3.8, 4) is 17.6 Å². The van der Waals surface area contributed by atoms with Gasteiger partial charge in [0.15, 0.2) is 17.3 Å². The second-order valence-corrected chi connectivity index (χ2v) is 7.17. The molecule has 1 aliphatic heterocycles. The summed E-state index contributed by atoms with van der Waals surface area (Å²) in [6.07, 6.45) is 1.62. The number of benzene rings is 2. The minimum atomic E-state index is -3.79. The Morgan fingerprint density at radius 3 is 2.85 bits per heavy atom. The Kier molecular flexibility index (Phi) is 5.09. The molecule has 8 nitrogen and oxygen atoms in total. The van der Waals surface area contributed by atoms with Crippen LogP contribution in [0.5, 0.6) is 11.5 Å². The van der Waals surface area contributed by atoms with Gasteiger partial charge in [-0.2, -0.15) is 18.8 Å². The van der Waals surface area contributed by atoms with Crippen LogP contribution in [0.2, 0.25) is 0 Å². The number of nitriles is 1. The van der Waals surface area contributed by atoms with Crippen LogP contribution < -0.4 is 4.74 Å².